The number of nitro benzene ring substituents is 1. The predicted molar refractivity (Wildman–Crippen MR) is 86.4 cm³/mol. The van der Waals surface area contributed by atoms with Crippen molar-refractivity contribution in [2.24, 2.45) is 7.05 Å². The largest absolute Gasteiger partial charge is 0.360 e. The van der Waals surface area contributed by atoms with Gasteiger partial charge in [-0.25, -0.2) is 22.7 Å². The molecule has 0 aliphatic carbocycles. The Balaban J connectivity index is 2.43. The van der Waals surface area contributed by atoms with E-state index in [1.807, 2.05) is 0 Å². The highest BCUT2D eigenvalue weighted by molar-refractivity contribution is 7.90. The number of aromatic nitrogens is 3. The molecule has 0 spiro atoms. The van der Waals surface area contributed by atoms with E-state index in [1.54, 1.807) is 17.7 Å². The lowest BCUT2D eigenvalue weighted by Gasteiger charge is -2.06. The lowest BCUT2D eigenvalue weighted by Crippen LogP contribution is -2.40. The van der Waals surface area contributed by atoms with Crippen LogP contribution in [0.15, 0.2) is 40.0 Å². The van der Waals surface area contributed by atoms with Crippen molar-refractivity contribution in [3.05, 3.63) is 56.8 Å². The normalized spacial score (nSPS) is 11.6. The van der Waals surface area contributed by atoms with Crippen molar-refractivity contribution in [3.8, 4) is 0 Å². The van der Waals surface area contributed by atoms with E-state index in [1.165, 1.54) is 25.3 Å². The summed E-state index contributed by atoms with van der Waals surface area (Å²) in [6, 6.07) is 3.15. The van der Waals surface area contributed by atoms with Gasteiger partial charge in [0.05, 0.1) is 4.92 Å². The van der Waals surface area contributed by atoms with Gasteiger partial charge in [0.15, 0.2) is 10.7 Å². The van der Waals surface area contributed by atoms with Crippen molar-refractivity contribution in [1.82, 2.24) is 19.1 Å². The van der Waals surface area contributed by atoms with Gasteiger partial charge in [0.2, 0.25) is 0 Å². The molecule has 1 amide bonds. The lowest BCUT2D eigenvalue weighted by atomic mass is 10.3. The maximum absolute atomic E-state index is 12.3. The van der Waals surface area contributed by atoms with Crippen LogP contribution in [0.2, 0.25) is 0 Å². The van der Waals surface area contributed by atoms with Crippen LogP contribution in [-0.4, -0.2) is 33.7 Å². The summed E-state index contributed by atoms with van der Waals surface area (Å²) in [5.74, 6) is 0.130. The molecule has 1 heterocycles. The van der Waals surface area contributed by atoms with Crippen LogP contribution < -0.4 is 10.4 Å². The monoisotopic (exact) mass is 367 g/mol. The van der Waals surface area contributed by atoms with Gasteiger partial charge in [-0.3, -0.25) is 14.7 Å². The Morgan fingerprint density at radius 3 is 2.60 bits per heavy atom. The zero-order valence-corrected chi connectivity index (χ0v) is 13.9. The molecule has 0 atom stereocenters. The number of carbonyl (C=O) groups is 1. The Morgan fingerprint density at radius 1 is 1.36 bits per heavy atom. The standard InChI is InChI=1S/C13H13N5O6S/c1-3-6-11-14-17(13(20)16(11)2)12(19)15-25(23,24)10-8-5-4-7-9(10)18(21)22/h3-8H,1-2H3,(H,15,19)/b6-3+. The van der Waals surface area contributed by atoms with Crippen molar-refractivity contribution >= 4 is 27.8 Å². The second-order valence-electron chi connectivity index (χ2n) is 4.75. The van der Waals surface area contributed by atoms with Gasteiger partial charge in [0.1, 0.15) is 0 Å². The third-order valence-electron chi connectivity index (χ3n) is 3.10. The van der Waals surface area contributed by atoms with Gasteiger partial charge >= 0.3 is 11.7 Å². The molecule has 0 saturated carbocycles. The van der Waals surface area contributed by atoms with E-state index in [0.29, 0.717) is 4.68 Å². The van der Waals surface area contributed by atoms with E-state index in [0.717, 1.165) is 16.7 Å². The number of hydrogen-bond acceptors (Lipinski definition) is 7. The highest BCUT2D eigenvalue weighted by Gasteiger charge is 2.28. The maximum Gasteiger partial charge on any atom is 0.360 e. The van der Waals surface area contributed by atoms with Gasteiger partial charge in [0.25, 0.3) is 15.7 Å². The van der Waals surface area contributed by atoms with E-state index in [-0.39, 0.29) is 5.82 Å². The van der Waals surface area contributed by atoms with Gasteiger partial charge in [-0.05, 0) is 19.1 Å². The molecule has 0 saturated heterocycles. The minimum Gasteiger partial charge on any atom is -0.278 e. The highest BCUT2D eigenvalue weighted by atomic mass is 32.2. The Labute approximate surface area is 141 Å². The smallest absolute Gasteiger partial charge is 0.278 e. The molecular formula is C13H13N5O6S. The van der Waals surface area contributed by atoms with E-state index in [4.69, 9.17) is 0 Å². The van der Waals surface area contributed by atoms with Crippen molar-refractivity contribution in [1.29, 1.82) is 0 Å². The maximum atomic E-state index is 12.3. The number of rotatable bonds is 4. The van der Waals surface area contributed by atoms with E-state index >= 15 is 0 Å². The molecule has 11 nitrogen and oxygen atoms in total. The number of nitro groups is 1. The molecule has 0 bridgehead atoms. The van der Waals surface area contributed by atoms with Gasteiger partial charge in [-0.2, -0.15) is 0 Å². The molecule has 132 valence electrons. The minimum absolute atomic E-state index is 0.130. The summed E-state index contributed by atoms with van der Waals surface area (Å²) in [4.78, 5) is 33.4. The van der Waals surface area contributed by atoms with Crippen LogP contribution in [0.4, 0.5) is 10.5 Å². The van der Waals surface area contributed by atoms with Crippen LogP contribution in [-0.2, 0) is 17.1 Å². The Morgan fingerprint density at radius 2 is 2.00 bits per heavy atom. The Hall–Kier alpha value is -3.28. The van der Waals surface area contributed by atoms with Crippen molar-refractivity contribution < 1.29 is 18.1 Å². The first-order valence-corrected chi connectivity index (χ1v) is 8.26. The van der Waals surface area contributed by atoms with E-state index in [2.05, 4.69) is 5.10 Å². The fourth-order valence-electron chi connectivity index (χ4n) is 1.93. The molecule has 1 aromatic heterocycles. The van der Waals surface area contributed by atoms with Gasteiger partial charge in [0, 0.05) is 13.1 Å². The van der Waals surface area contributed by atoms with Crippen molar-refractivity contribution in [2.75, 3.05) is 0 Å². The SMILES string of the molecule is C/C=C/c1nn(C(=O)NS(=O)(=O)c2ccccc2[N+](=O)[O-])c(=O)n1C. The lowest BCUT2D eigenvalue weighted by molar-refractivity contribution is -0.387. The first-order valence-electron chi connectivity index (χ1n) is 6.78. The van der Waals surface area contributed by atoms with E-state index < -0.39 is 37.3 Å². The van der Waals surface area contributed by atoms with Crippen LogP contribution in [0, 0.1) is 10.1 Å². The van der Waals surface area contributed by atoms with Crippen LogP contribution in [0.5, 0.6) is 0 Å². The first-order chi connectivity index (χ1) is 11.7. The molecular weight excluding hydrogens is 354 g/mol. The van der Waals surface area contributed by atoms with Crippen LogP contribution in [0.3, 0.4) is 0 Å². The average Bonchev–Trinajstić information content (AvgIpc) is 2.83. The summed E-state index contributed by atoms with van der Waals surface area (Å²) in [6.45, 7) is 1.67. The quantitative estimate of drug-likeness (QED) is 0.610. The number of amides is 1. The van der Waals surface area contributed by atoms with Crippen molar-refractivity contribution in [2.45, 2.75) is 11.8 Å². The number of allylic oxidation sites excluding steroid dienone is 1. The number of nitrogens with one attached hydrogen (secondary N) is 1. The number of nitrogens with zero attached hydrogens (tertiary/aromatic N) is 4. The average molecular weight is 367 g/mol. The van der Waals surface area contributed by atoms with Crippen LogP contribution in [0.25, 0.3) is 6.08 Å². The molecule has 12 heteroatoms. The Kier molecular flexibility index (Phi) is 4.83. The van der Waals surface area contributed by atoms with Gasteiger partial charge in [-0.1, -0.05) is 18.2 Å². The molecule has 0 unspecified atom stereocenters. The van der Waals surface area contributed by atoms with Crippen molar-refractivity contribution in [3.63, 3.8) is 0 Å². The summed E-state index contributed by atoms with van der Waals surface area (Å²) in [7, 11) is -3.23. The fourth-order valence-corrected chi connectivity index (χ4v) is 3.03. The molecule has 1 N–H and O–H groups in total. The number of hydrogen-bond donors (Lipinski definition) is 1. The summed E-state index contributed by atoms with van der Waals surface area (Å²) in [5.41, 5.74) is -1.57. The van der Waals surface area contributed by atoms with E-state index in [9.17, 15) is 28.1 Å². The number of carbonyl (C=O) groups excluding carboxylic acids is 1. The number of sulfonamides is 1. The van der Waals surface area contributed by atoms with Gasteiger partial charge < -0.3 is 0 Å². The minimum atomic E-state index is -4.58. The summed E-state index contributed by atoms with van der Waals surface area (Å²) < 4.78 is 27.5. The molecule has 2 aromatic rings. The Bertz CT molecular complexity index is 1030. The molecule has 1 aromatic carbocycles. The second kappa shape index (κ2) is 6.68. The fraction of sp³-hybridized carbons (Fsp3) is 0.154. The summed E-state index contributed by atoms with van der Waals surface area (Å²) >= 11 is 0. The molecule has 0 aliphatic heterocycles. The topological polar surface area (TPSA) is 146 Å². The second-order valence-corrected chi connectivity index (χ2v) is 6.40. The summed E-state index contributed by atoms with van der Waals surface area (Å²) in [6.07, 6.45) is 3.02. The predicted octanol–water partition coefficient (Wildman–Crippen LogP) is 0.470. The zero-order valence-electron chi connectivity index (χ0n) is 13.1. The van der Waals surface area contributed by atoms with Crippen LogP contribution in [0.1, 0.15) is 12.7 Å². The van der Waals surface area contributed by atoms with Gasteiger partial charge in [-0.15, -0.1) is 9.78 Å². The molecule has 0 radical (unpaired) electrons. The number of benzene rings is 1. The molecule has 2 rings (SSSR count). The summed E-state index contributed by atoms with van der Waals surface area (Å²) in [5, 5.41) is 14.7. The molecule has 0 fully saturated rings. The molecule has 25 heavy (non-hydrogen) atoms. The molecule has 0 aliphatic rings. The number of para-hydroxylation sites is 1. The first kappa shape index (κ1) is 18.1. The van der Waals surface area contributed by atoms with Crippen LogP contribution >= 0.6 is 0 Å². The third kappa shape index (κ3) is 3.47. The third-order valence-corrected chi connectivity index (χ3v) is 4.46. The highest BCUT2D eigenvalue weighted by Crippen LogP contribution is 2.22. The zero-order chi connectivity index (χ0) is 18.8.